The average molecular weight is 312 g/mol. The molecule has 1 heterocycles. The van der Waals surface area contributed by atoms with Crippen molar-refractivity contribution in [2.75, 3.05) is 0 Å². The molecule has 2 aromatic carbocycles. The summed E-state index contributed by atoms with van der Waals surface area (Å²) in [6.45, 7) is 1.99. The molecule has 4 heteroatoms. The van der Waals surface area contributed by atoms with E-state index < -0.39 is 0 Å². The molecule has 0 radical (unpaired) electrons. The second-order valence-electron chi connectivity index (χ2n) is 5.55. The summed E-state index contributed by atoms with van der Waals surface area (Å²) in [6.07, 6.45) is 3.87. The van der Waals surface area contributed by atoms with Crippen molar-refractivity contribution < 1.29 is 0 Å². The minimum absolute atomic E-state index is 0.0328. The Morgan fingerprint density at radius 2 is 1.77 bits per heavy atom. The quantitative estimate of drug-likeness (QED) is 0.777. The number of benzene rings is 2. The van der Waals surface area contributed by atoms with Crippen LogP contribution in [0.4, 0.5) is 0 Å². The molecule has 0 bridgehead atoms. The van der Waals surface area contributed by atoms with Gasteiger partial charge in [-0.3, -0.25) is 4.68 Å². The lowest BCUT2D eigenvalue weighted by Gasteiger charge is -2.12. The monoisotopic (exact) mass is 311 g/mol. The SMILES string of the molecule is CC(N)c1cc(-c2cccc(Cl)c2)cc(-c2cnn(C)c2)c1. The predicted molar refractivity (Wildman–Crippen MR) is 91.7 cm³/mol. The number of halogens is 1. The molecule has 0 aliphatic carbocycles. The standard InChI is InChI=1S/C18H18ClN3/c1-12(20)14-6-15(13-4-3-5-18(19)9-13)8-16(7-14)17-10-21-22(2)11-17/h3-12H,20H2,1-2H3. The lowest BCUT2D eigenvalue weighted by atomic mass is 9.95. The van der Waals surface area contributed by atoms with Gasteiger partial charge in [0.1, 0.15) is 0 Å². The molecular weight excluding hydrogens is 294 g/mol. The van der Waals surface area contributed by atoms with E-state index in [0.717, 1.165) is 32.8 Å². The average Bonchev–Trinajstić information content (AvgIpc) is 2.93. The van der Waals surface area contributed by atoms with E-state index in [-0.39, 0.29) is 6.04 Å². The van der Waals surface area contributed by atoms with Gasteiger partial charge in [-0.25, -0.2) is 0 Å². The number of nitrogens with two attached hydrogens (primary N) is 1. The Hall–Kier alpha value is -2.10. The van der Waals surface area contributed by atoms with E-state index in [2.05, 4.69) is 29.4 Å². The Labute approximate surface area is 135 Å². The van der Waals surface area contributed by atoms with Crippen molar-refractivity contribution in [1.82, 2.24) is 9.78 Å². The summed E-state index contributed by atoms with van der Waals surface area (Å²) >= 11 is 6.12. The summed E-state index contributed by atoms with van der Waals surface area (Å²) in [5.41, 5.74) is 11.6. The molecule has 22 heavy (non-hydrogen) atoms. The first-order valence-electron chi connectivity index (χ1n) is 7.18. The third-order valence-corrected chi connectivity index (χ3v) is 3.91. The summed E-state index contributed by atoms with van der Waals surface area (Å²) in [4.78, 5) is 0. The molecule has 3 rings (SSSR count). The molecule has 0 amide bonds. The molecule has 3 aromatic rings. The van der Waals surface area contributed by atoms with Gasteiger partial charge in [-0.1, -0.05) is 23.7 Å². The molecule has 0 saturated carbocycles. The highest BCUT2D eigenvalue weighted by Crippen LogP contribution is 2.31. The van der Waals surface area contributed by atoms with Gasteiger partial charge in [-0.15, -0.1) is 0 Å². The molecule has 1 aromatic heterocycles. The topological polar surface area (TPSA) is 43.8 Å². The van der Waals surface area contributed by atoms with Gasteiger partial charge >= 0.3 is 0 Å². The molecular formula is C18H18ClN3. The van der Waals surface area contributed by atoms with Crippen LogP contribution in [0.2, 0.25) is 5.02 Å². The van der Waals surface area contributed by atoms with Gasteiger partial charge in [-0.2, -0.15) is 5.10 Å². The predicted octanol–water partition coefficient (Wildman–Crippen LogP) is 4.43. The summed E-state index contributed by atoms with van der Waals surface area (Å²) in [5.74, 6) is 0. The fraction of sp³-hybridized carbons (Fsp3) is 0.167. The molecule has 112 valence electrons. The fourth-order valence-electron chi connectivity index (χ4n) is 2.49. The number of hydrogen-bond donors (Lipinski definition) is 1. The highest BCUT2D eigenvalue weighted by atomic mass is 35.5. The van der Waals surface area contributed by atoms with Crippen LogP contribution in [-0.4, -0.2) is 9.78 Å². The molecule has 3 nitrogen and oxygen atoms in total. The van der Waals surface area contributed by atoms with Crippen LogP contribution in [0.5, 0.6) is 0 Å². The molecule has 1 atom stereocenters. The molecule has 0 spiro atoms. The lowest BCUT2D eigenvalue weighted by molar-refractivity contribution is 0.768. The molecule has 1 unspecified atom stereocenters. The third kappa shape index (κ3) is 3.06. The minimum atomic E-state index is -0.0328. The smallest absolute Gasteiger partial charge is 0.0568 e. The zero-order valence-electron chi connectivity index (χ0n) is 12.6. The van der Waals surface area contributed by atoms with E-state index in [0.29, 0.717) is 0 Å². The van der Waals surface area contributed by atoms with E-state index >= 15 is 0 Å². The lowest BCUT2D eigenvalue weighted by Crippen LogP contribution is -2.05. The molecule has 0 saturated heterocycles. The van der Waals surface area contributed by atoms with Gasteiger partial charge < -0.3 is 5.73 Å². The van der Waals surface area contributed by atoms with Gasteiger partial charge in [0, 0.05) is 29.9 Å². The van der Waals surface area contributed by atoms with Crippen molar-refractivity contribution in [3.8, 4) is 22.3 Å². The number of aryl methyl sites for hydroxylation is 1. The van der Waals surface area contributed by atoms with Gasteiger partial charge in [0.25, 0.3) is 0 Å². The zero-order chi connectivity index (χ0) is 15.7. The van der Waals surface area contributed by atoms with Crippen molar-refractivity contribution >= 4 is 11.6 Å². The van der Waals surface area contributed by atoms with Crippen molar-refractivity contribution in [3.63, 3.8) is 0 Å². The van der Waals surface area contributed by atoms with Crippen LogP contribution in [0.1, 0.15) is 18.5 Å². The van der Waals surface area contributed by atoms with E-state index in [4.69, 9.17) is 17.3 Å². The summed E-state index contributed by atoms with van der Waals surface area (Å²) in [6, 6.07) is 14.2. The highest BCUT2D eigenvalue weighted by molar-refractivity contribution is 6.30. The number of nitrogens with zero attached hydrogens (tertiary/aromatic N) is 2. The summed E-state index contributed by atoms with van der Waals surface area (Å²) in [7, 11) is 1.91. The summed E-state index contributed by atoms with van der Waals surface area (Å²) in [5, 5.41) is 4.98. The molecule has 2 N–H and O–H groups in total. The molecule has 0 aliphatic heterocycles. The van der Waals surface area contributed by atoms with Gasteiger partial charge in [0.15, 0.2) is 0 Å². The first-order chi connectivity index (χ1) is 10.5. The maximum Gasteiger partial charge on any atom is 0.0568 e. The Bertz CT molecular complexity index is 806. The maximum absolute atomic E-state index is 6.12. The van der Waals surface area contributed by atoms with Gasteiger partial charge in [-0.05, 0) is 59.5 Å². The number of aromatic nitrogens is 2. The first kappa shape index (κ1) is 14.8. The zero-order valence-corrected chi connectivity index (χ0v) is 13.4. The van der Waals surface area contributed by atoms with Crippen LogP contribution in [-0.2, 0) is 7.05 Å². The van der Waals surface area contributed by atoms with E-state index in [1.54, 1.807) is 4.68 Å². The van der Waals surface area contributed by atoms with Crippen LogP contribution in [0.25, 0.3) is 22.3 Å². The van der Waals surface area contributed by atoms with E-state index in [9.17, 15) is 0 Å². The largest absolute Gasteiger partial charge is 0.324 e. The van der Waals surface area contributed by atoms with Crippen LogP contribution >= 0.6 is 11.6 Å². The maximum atomic E-state index is 6.12. The van der Waals surface area contributed by atoms with Gasteiger partial charge in [0.2, 0.25) is 0 Å². The van der Waals surface area contributed by atoms with Crippen LogP contribution in [0, 0.1) is 0 Å². The van der Waals surface area contributed by atoms with Crippen molar-refractivity contribution in [3.05, 3.63) is 65.4 Å². The van der Waals surface area contributed by atoms with Gasteiger partial charge in [0.05, 0.1) is 6.20 Å². The van der Waals surface area contributed by atoms with E-state index in [1.165, 1.54) is 0 Å². The summed E-state index contributed by atoms with van der Waals surface area (Å²) < 4.78 is 1.80. The van der Waals surface area contributed by atoms with Crippen LogP contribution in [0.15, 0.2) is 54.9 Å². The second kappa shape index (κ2) is 5.95. The molecule has 0 fully saturated rings. The fourth-order valence-corrected chi connectivity index (χ4v) is 2.68. The third-order valence-electron chi connectivity index (χ3n) is 3.68. The Morgan fingerprint density at radius 1 is 1.05 bits per heavy atom. The Kier molecular flexibility index (Phi) is 4.01. The minimum Gasteiger partial charge on any atom is -0.324 e. The molecule has 0 aliphatic rings. The van der Waals surface area contributed by atoms with Crippen molar-refractivity contribution in [1.29, 1.82) is 0 Å². The Balaban J connectivity index is 2.16. The number of rotatable bonds is 3. The number of hydrogen-bond acceptors (Lipinski definition) is 2. The van der Waals surface area contributed by atoms with E-state index in [1.807, 2.05) is 44.6 Å². The highest BCUT2D eigenvalue weighted by Gasteiger charge is 2.09. The van der Waals surface area contributed by atoms with Crippen LogP contribution in [0.3, 0.4) is 0 Å². The van der Waals surface area contributed by atoms with Crippen LogP contribution < -0.4 is 5.73 Å². The Morgan fingerprint density at radius 3 is 2.36 bits per heavy atom. The normalized spacial score (nSPS) is 12.4. The van der Waals surface area contributed by atoms with Crippen molar-refractivity contribution in [2.24, 2.45) is 12.8 Å². The second-order valence-corrected chi connectivity index (χ2v) is 5.98. The first-order valence-corrected chi connectivity index (χ1v) is 7.56. The van der Waals surface area contributed by atoms with Crippen molar-refractivity contribution in [2.45, 2.75) is 13.0 Å².